The molecule has 2 aromatic rings. The van der Waals surface area contributed by atoms with Crippen LogP contribution in [0.2, 0.25) is 0 Å². The number of hydrogen-bond acceptors (Lipinski definition) is 7. The molecule has 8 heteroatoms. The van der Waals surface area contributed by atoms with Crippen LogP contribution in [0.4, 0.5) is 4.79 Å². The van der Waals surface area contributed by atoms with Crippen LogP contribution >= 0.6 is 0 Å². The Bertz CT molecular complexity index is 831. The van der Waals surface area contributed by atoms with Crippen LogP contribution in [0.15, 0.2) is 54.6 Å². The number of ether oxygens (including phenoxy) is 3. The second-order valence-corrected chi connectivity index (χ2v) is 5.44. The van der Waals surface area contributed by atoms with Gasteiger partial charge < -0.3 is 14.2 Å². The van der Waals surface area contributed by atoms with E-state index in [4.69, 9.17) is 4.74 Å². The zero-order valence-corrected chi connectivity index (χ0v) is 15.2. The van der Waals surface area contributed by atoms with Gasteiger partial charge in [0.25, 0.3) is 5.91 Å². The van der Waals surface area contributed by atoms with Crippen LogP contribution in [-0.4, -0.2) is 43.6 Å². The molecule has 0 aliphatic rings. The molecular weight excluding hydrogens is 366 g/mol. The van der Waals surface area contributed by atoms with Crippen LogP contribution < -0.4 is 10.1 Å². The van der Waals surface area contributed by atoms with Crippen molar-refractivity contribution in [1.29, 1.82) is 0 Å². The van der Waals surface area contributed by atoms with Crippen LogP contribution in [0.1, 0.15) is 22.8 Å². The van der Waals surface area contributed by atoms with Gasteiger partial charge in [0.15, 0.2) is 19.0 Å². The molecule has 0 unspecified atom stereocenters. The van der Waals surface area contributed by atoms with E-state index < -0.39 is 31.2 Å². The van der Waals surface area contributed by atoms with Gasteiger partial charge in [0.05, 0.1) is 6.61 Å². The molecule has 0 saturated heterocycles. The van der Waals surface area contributed by atoms with Crippen LogP contribution in [0.5, 0.6) is 5.75 Å². The Balaban J connectivity index is 1.77. The Morgan fingerprint density at radius 2 is 1.46 bits per heavy atom. The fourth-order valence-corrected chi connectivity index (χ4v) is 2.11. The van der Waals surface area contributed by atoms with Crippen LogP contribution in [-0.2, 0) is 19.1 Å². The summed E-state index contributed by atoms with van der Waals surface area (Å²) in [6.07, 6.45) is -0.912. The Hall–Kier alpha value is -3.68. The van der Waals surface area contributed by atoms with Crippen molar-refractivity contribution >= 4 is 23.8 Å². The van der Waals surface area contributed by atoms with E-state index in [1.807, 2.05) is 11.4 Å². The highest BCUT2D eigenvalue weighted by atomic mass is 16.6. The van der Waals surface area contributed by atoms with Gasteiger partial charge in [-0.3, -0.25) is 14.9 Å². The van der Waals surface area contributed by atoms with Gasteiger partial charge in [-0.05, 0) is 31.2 Å². The Morgan fingerprint density at radius 3 is 2.11 bits per heavy atom. The van der Waals surface area contributed by atoms with E-state index in [0.29, 0.717) is 16.9 Å². The first-order valence-electron chi connectivity index (χ1n) is 8.44. The smallest absolute Gasteiger partial charge is 0.413 e. The Morgan fingerprint density at radius 1 is 0.821 bits per heavy atom. The first-order chi connectivity index (χ1) is 13.5. The number of rotatable bonds is 8. The number of benzene rings is 2. The molecule has 8 nitrogen and oxygen atoms in total. The molecule has 146 valence electrons. The fourth-order valence-electron chi connectivity index (χ4n) is 2.11. The van der Waals surface area contributed by atoms with E-state index in [-0.39, 0.29) is 12.4 Å². The highest BCUT2D eigenvalue weighted by molar-refractivity contribution is 6.09. The van der Waals surface area contributed by atoms with Crippen molar-refractivity contribution in [2.24, 2.45) is 0 Å². The molecule has 28 heavy (non-hydrogen) atoms. The van der Waals surface area contributed by atoms with Gasteiger partial charge in [-0.15, -0.1) is 0 Å². The molecule has 0 saturated carbocycles. The van der Waals surface area contributed by atoms with Crippen molar-refractivity contribution in [3.63, 3.8) is 0 Å². The third kappa shape index (κ3) is 6.56. The summed E-state index contributed by atoms with van der Waals surface area (Å²) in [6, 6.07) is 15.1. The third-order valence-corrected chi connectivity index (χ3v) is 3.39. The van der Waals surface area contributed by atoms with Crippen LogP contribution in [0.3, 0.4) is 0 Å². The molecule has 0 aliphatic carbocycles. The number of ketones is 1. The minimum atomic E-state index is -0.912. The highest BCUT2D eigenvalue weighted by Crippen LogP contribution is 2.15. The predicted molar refractivity (Wildman–Crippen MR) is 97.9 cm³/mol. The molecular formula is C20H19NO7. The van der Waals surface area contributed by atoms with Crippen LogP contribution in [0.25, 0.3) is 0 Å². The van der Waals surface area contributed by atoms with Gasteiger partial charge in [0.2, 0.25) is 0 Å². The van der Waals surface area contributed by atoms with E-state index in [9.17, 15) is 19.2 Å². The van der Waals surface area contributed by atoms with Crippen LogP contribution in [0, 0.1) is 0 Å². The molecule has 0 fully saturated rings. The average molecular weight is 385 g/mol. The van der Waals surface area contributed by atoms with Crippen molar-refractivity contribution in [3.8, 4) is 5.75 Å². The molecule has 0 aromatic heterocycles. The summed E-state index contributed by atoms with van der Waals surface area (Å²) in [5, 5.41) is 1.89. The SMILES string of the molecule is CCOC(=O)NC(=O)COC(=O)COc1ccc(C(=O)c2ccccc2)cc1. The largest absolute Gasteiger partial charge is 0.482 e. The van der Waals surface area contributed by atoms with E-state index in [2.05, 4.69) is 9.47 Å². The van der Waals surface area contributed by atoms with Crippen molar-refractivity contribution in [2.75, 3.05) is 19.8 Å². The average Bonchev–Trinajstić information content (AvgIpc) is 2.71. The fraction of sp³-hybridized carbons (Fsp3) is 0.200. The number of nitrogens with one attached hydrogen (secondary N) is 1. The molecule has 0 bridgehead atoms. The molecule has 2 aromatic carbocycles. The lowest BCUT2D eigenvalue weighted by Gasteiger charge is -2.08. The zero-order chi connectivity index (χ0) is 20.4. The van der Waals surface area contributed by atoms with E-state index in [1.54, 1.807) is 55.5 Å². The standard InChI is InChI=1S/C20H19NO7/c1-2-26-20(25)21-17(22)12-28-18(23)13-27-16-10-8-15(9-11-16)19(24)14-6-4-3-5-7-14/h3-11H,2,12-13H2,1H3,(H,21,22,25). The molecule has 0 spiro atoms. The van der Waals surface area contributed by atoms with Crippen molar-refractivity contribution in [2.45, 2.75) is 6.92 Å². The summed E-state index contributed by atoms with van der Waals surface area (Å²) < 4.78 is 14.5. The van der Waals surface area contributed by atoms with Crippen molar-refractivity contribution in [1.82, 2.24) is 5.32 Å². The number of amides is 2. The molecule has 0 atom stereocenters. The maximum absolute atomic E-state index is 12.3. The number of alkyl carbamates (subject to hydrolysis) is 1. The summed E-state index contributed by atoms with van der Waals surface area (Å²) >= 11 is 0. The Labute approximate surface area is 161 Å². The Kier molecular flexibility index (Phi) is 7.71. The first-order valence-corrected chi connectivity index (χ1v) is 8.44. The van der Waals surface area contributed by atoms with E-state index in [0.717, 1.165) is 0 Å². The second-order valence-electron chi connectivity index (χ2n) is 5.44. The summed E-state index contributed by atoms with van der Waals surface area (Å²) in [5.41, 5.74) is 1.05. The van der Waals surface area contributed by atoms with Gasteiger partial charge in [-0.1, -0.05) is 30.3 Å². The quantitative estimate of drug-likeness (QED) is 0.548. The molecule has 0 heterocycles. The lowest BCUT2D eigenvalue weighted by atomic mass is 10.0. The summed E-state index contributed by atoms with van der Waals surface area (Å²) in [6.45, 7) is 0.637. The monoisotopic (exact) mass is 385 g/mol. The lowest BCUT2D eigenvalue weighted by Crippen LogP contribution is -2.35. The highest BCUT2D eigenvalue weighted by Gasteiger charge is 2.12. The maximum atomic E-state index is 12.3. The molecule has 2 rings (SSSR count). The van der Waals surface area contributed by atoms with Crippen molar-refractivity contribution in [3.05, 3.63) is 65.7 Å². The third-order valence-electron chi connectivity index (χ3n) is 3.39. The molecule has 1 N–H and O–H groups in total. The van der Waals surface area contributed by atoms with Gasteiger partial charge in [0, 0.05) is 11.1 Å². The molecule has 0 radical (unpaired) electrons. The first kappa shape index (κ1) is 20.6. The minimum Gasteiger partial charge on any atom is -0.482 e. The summed E-state index contributed by atoms with van der Waals surface area (Å²) in [7, 11) is 0. The maximum Gasteiger partial charge on any atom is 0.413 e. The number of esters is 1. The number of imide groups is 1. The zero-order valence-electron chi connectivity index (χ0n) is 15.2. The predicted octanol–water partition coefficient (Wildman–Crippen LogP) is 2.11. The van der Waals surface area contributed by atoms with Gasteiger partial charge in [-0.25, -0.2) is 9.59 Å². The normalized spacial score (nSPS) is 9.89. The number of hydrogen-bond donors (Lipinski definition) is 1. The van der Waals surface area contributed by atoms with Gasteiger partial charge in [-0.2, -0.15) is 0 Å². The van der Waals surface area contributed by atoms with E-state index in [1.165, 1.54) is 0 Å². The van der Waals surface area contributed by atoms with E-state index >= 15 is 0 Å². The van der Waals surface area contributed by atoms with Gasteiger partial charge >= 0.3 is 12.1 Å². The lowest BCUT2D eigenvalue weighted by molar-refractivity contribution is -0.150. The van der Waals surface area contributed by atoms with Gasteiger partial charge in [0.1, 0.15) is 5.75 Å². The molecule has 0 aliphatic heterocycles. The summed E-state index contributed by atoms with van der Waals surface area (Å²) in [4.78, 5) is 46.3. The minimum absolute atomic E-state index is 0.114. The summed E-state index contributed by atoms with van der Waals surface area (Å²) in [5.74, 6) is -1.37. The second kappa shape index (κ2) is 10.5. The topological polar surface area (TPSA) is 108 Å². The molecule has 2 amide bonds. The van der Waals surface area contributed by atoms with Crippen molar-refractivity contribution < 1.29 is 33.4 Å². The number of carbonyl (C=O) groups excluding carboxylic acids is 4. The number of carbonyl (C=O) groups is 4.